The van der Waals surface area contributed by atoms with E-state index in [0.29, 0.717) is 9.14 Å². The summed E-state index contributed by atoms with van der Waals surface area (Å²) in [6.07, 6.45) is 0. The molecule has 22 heavy (non-hydrogen) atoms. The number of thiazole rings is 1. The molecule has 0 aliphatic rings. The summed E-state index contributed by atoms with van der Waals surface area (Å²) in [5.74, 6) is 0. The first-order chi connectivity index (χ1) is 10.3. The molecule has 2 heterocycles. The van der Waals surface area contributed by atoms with Crippen LogP contribution in [0.15, 0.2) is 32.9 Å². The molecule has 8 heteroatoms. The summed E-state index contributed by atoms with van der Waals surface area (Å²) < 4.78 is 32.2. The molecule has 3 rings (SSSR count). The van der Waals surface area contributed by atoms with Gasteiger partial charge in [0.05, 0.1) is 14.6 Å². The molecular formula is C14H13ClN2O2S3. The van der Waals surface area contributed by atoms with E-state index in [0.717, 1.165) is 27.1 Å². The van der Waals surface area contributed by atoms with E-state index in [1.807, 2.05) is 37.6 Å². The van der Waals surface area contributed by atoms with Crippen molar-refractivity contribution in [1.29, 1.82) is 0 Å². The fraction of sp³-hybridized carbons (Fsp3) is 0.214. The van der Waals surface area contributed by atoms with Gasteiger partial charge in [-0.15, -0.1) is 15.7 Å². The van der Waals surface area contributed by atoms with Gasteiger partial charge < -0.3 is 4.57 Å². The molecule has 2 aromatic heterocycles. The number of benzene rings is 1. The molecule has 1 aromatic carbocycles. The third-order valence-corrected chi connectivity index (χ3v) is 7.67. The number of hydrogen-bond donors (Lipinski definition) is 0. The lowest BCUT2D eigenvalue weighted by molar-refractivity contribution is 0.598. The summed E-state index contributed by atoms with van der Waals surface area (Å²) in [5.41, 5.74) is 3.32. The molecule has 0 amide bonds. The van der Waals surface area contributed by atoms with Gasteiger partial charge in [0.1, 0.15) is 4.21 Å². The van der Waals surface area contributed by atoms with Crippen molar-refractivity contribution < 1.29 is 8.42 Å². The van der Waals surface area contributed by atoms with Crippen molar-refractivity contribution in [1.82, 2.24) is 4.57 Å². The highest BCUT2D eigenvalue weighted by Crippen LogP contribution is 2.27. The van der Waals surface area contributed by atoms with Gasteiger partial charge in [-0.3, -0.25) is 0 Å². The number of aryl methyl sites for hydroxylation is 3. The van der Waals surface area contributed by atoms with Crippen LogP contribution >= 0.6 is 34.3 Å². The Labute approximate surface area is 141 Å². The predicted octanol–water partition coefficient (Wildman–Crippen LogP) is 3.86. The van der Waals surface area contributed by atoms with Crippen LogP contribution in [0.2, 0.25) is 4.34 Å². The highest BCUT2D eigenvalue weighted by molar-refractivity contribution is 7.92. The van der Waals surface area contributed by atoms with Gasteiger partial charge in [0.2, 0.25) is 4.80 Å². The second-order valence-corrected chi connectivity index (χ2v) is 9.48. The lowest BCUT2D eigenvalue weighted by Crippen LogP contribution is -2.13. The highest BCUT2D eigenvalue weighted by Gasteiger charge is 2.17. The quantitative estimate of drug-likeness (QED) is 0.685. The summed E-state index contributed by atoms with van der Waals surface area (Å²) in [5, 5.41) is 0. The maximum atomic E-state index is 12.4. The largest absolute Gasteiger partial charge is 0.319 e. The second-order valence-electron chi connectivity index (χ2n) is 4.92. The van der Waals surface area contributed by atoms with E-state index in [9.17, 15) is 8.42 Å². The average molecular weight is 373 g/mol. The van der Waals surface area contributed by atoms with Gasteiger partial charge in [-0.25, -0.2) is 0 Å². The first-order valence-corrected chi connectivity index (χ1v) is 9.87. The van der Waals surface area contributed by atoms with Gasteiger partial charge in [-0.2, -0.15) is 8.42 Å². The van der Waals surface area contributed by atoms with E-state index in [4.69, 9.17) is 11.6 Å². The number of thiophene rings is 1. The third kappa shape index (κ3) is 2.62. The predicted molar refractivity (Wildman–Crippen MR) is 92.3 cm³/mol. The van der Waals surface area contributed by atoms with Crippen LogP contribution in [0.4, 0.5) is 0 Å². The summed E-state index contributed by atoms with van der Waals surface area (Å²) >= 11 is 8.19. The fourth-order valence-corrected chi connectivity index (χ4v) is 5.97. The fourth-order valence-electron chi connectivity index (χ4n) is 2.20. The number of aromatic nitrogens is 1. The SMILES string of the molecule is Cc1ccc2s/c(=N\S(=O)(=O)c3ccc(Cl)s3)n(C)c2c1C. The summed E-state index contributed by atoms with van der Waals surface area (Å²) in [6, 6.07) is 7.07. The molecule has 4 nitrogen and oxygen atoms in total. The van der Waals surface area contributed by atoms with Crippen molar-refractivity contribution in [3.05, 3.63) is 44.5 Å². The molecule has 116 valence electrons. The van der Waals surface area contributed by atoms with Crippen molar-refractivity contribution in [2.24, 2.45) is 11.4 Å². The maximum absolute atomic E-state index is 12.4. The van der Waals surface area contributed by atoms with Crippen molar-refractivity contribution in [3.63, 3.8) is 0 Å². The van der Waals surface area contributed by atoms with Crippen LogP contribution in [-0.4, -0.2) is 13.0 Å². The minimum absolute atomic E-state index is 0.155. The van der Waals surface area contributed by atoms with Crippen molar-refractivity contribution in [2.45, 2.75) is 18.1 Å². The number of rotatable bonds is 2. The molecule has 0 bridgehead atoms. The molecular weight excluding hydrogens is 360 g/mol. The van der Waals surface area contributed by atoms with Crippen molar-refractivity contribution in [2.75, 3.05) is 0 Å². The van der Waals surface area contributed by atoms with Crippen LogP contribution in [0.1, 0.15) is 11.1 Å². The molecule has 0 saturated heterocycles. The van der Waals surface area contributed by atoms with Gasteiger partial charge in [0.25, 0.3) is 10.0 Å². The Morgan fingerprint density at radius 2 is 1.86 bits per heavy atom. The van der Waals surface area contributed by atoms with Gasteiger partial charge in [0.15, 0.2) is 0 Å². The Morgan fingerprint density at radius 3 is 2.50 bits per heavy atom. The zero-order valence-electron chi connectivity index (χ0n) is 12.1. The van der Waals surface area contributed by atoms with Crippen LogP contribution in [0, 0.1) is 13.8 Å². The van der Waals surface area contributed by atoms with Crippen LogP contribution in [0.3, 0.4) is 0 Å². The number of halogens is 1. The van der Waals surface area contributed by atoms with Gasteiger partial charge >= 0.3 is 0 Å². The van der Waals surface area contributed by atoms with Crippen molar-refractivity contribution in [3.8, 4) is 0 Å². The number of sulfonamides is 1. The van der Waals surface area contributed by atoms with Crippen molar-refractivity contribution >= 4 is 54.5 Å². The number of fused-ring (bicyclic) bond motifs is 1. The molecule has 0 atom stereocenters. The second kappa shape index (κ2) is 5.49. The molecule has 3 aromatic rings. The molecule has 0 saturated carbocycles. The summed E-state index contributed by atoms with van der Waals surface area (Å²) in [7, 11) is -1.90. The summed E-state index contributed by atoms with van der Waals surface area (Å²) in [6.45, 7) is 4.06. The standard InChI is InChI=1S/C14H13ClN2O2S3/c1-8-4-5-10-13(9(8)2)17(3)14(20-10)16-22(18,19)12-7-6-11(15)21-12/h4-7H,1-3H3/b16-14-. The Balaban J connectivity index is 2.27. The highest BCUT2D eigenvalue weighted by atomic mass is 35.5. The van der Waals surface area contributed by atoms with E-state index in [1.54, 1.807) is 6.07 Å². The summed E-state index contributed by atoms with van der Waals surface area (Å²) in [4.78, 5) is 0.452. The third-order valence-electron chi connectivity index (χ3n) is 3.49. The lowest BCUT2D eigenvalue weighted by Gasteiger charge is -2.03. The number of nitrogens with zero attached hydrogens (tertiary/aromatic N) is 2. The molecule has 0 fully saturated rings. The maximum Gasteiger partial charge on any atom is 0.294 e. The van der Waals surface area contributed by atoms with Crippen LogP contribution in [0.5, 0.6) is 0 Å². The van der Waals surface area contributed by atoms with Gasteiger partial charge in [0, 0.05) is 7.05 Å². The zero-order valence-corrected chi connectivity index (χ0v) is 15.3. The van der Waals surface area contributed by atoms with E-state index in [2.05, 4.69) is 4.40 Å². The minimum atomic E-state index is -3.74. The molecule has 0 radical (unpaired) electrons. The normalized spacial score (nSPS) is 13.2. The molecule has 0 aliphatic heterocycles. The average Bonchev–Trinajstić information content (AvgIpc) is 3.00. The monoisotopic (exact) mass is 372 g/mol. The number of hydrogen-bond acceptors (Lipinski definition) is 4. The topological polar surface area (TPSA) is 51.4 Å². The van der Waals surface area contributed by atoms with Gasteiger partial charge in [-0.05, 0) is 43.2 Å². The molecule has 0 N–H and O–H groups in total. The van der Waals surface area contributed by atoms with Crippen LogP contribution in [0.25, 0.3) is 10.2 Å². The van der Waals surface area contributed by atoms with E-state index < -0.39 is 10.0 Å². The molecule has 0 aliphatic carbocycles. The molecule has 0 unspecified atom stereocenters. The zero-order chi connectivity index (χ0) is 16.1. The van der Waals surface area contributed by atoms with E-state index in [1.165, 1.54) is 23.0 Å². The smallest absolute Gasteiger partial charge is 0.294 e. The Hall–Kier alpha value is -1.15. The first-order valence-electron chi connectivity index (χ1n) is 6.41. The van der Waals surface area contributed by atoms with E-state index >= 15 is 0 Å². The minimum Gasteiger partial charge on any atom is -0.319 e. The van der Waals surface area contributed by atoms with Crippen LogP contribution < -0.4 is 4.80 Å². The van der Waals surface area contributed by atoms with Gasteiger partial charge in [-0.1, -0.05) is 29.0 Å². The van der Waals surface area contributed by atoms with Crippen LogP contribution in [-0.2, 0) is 17.1 Å². The first kappa shape index (κ1) is 15.7. The Morgan fingerprint density at radius 1 is 1.14 bits per heavy atom. The van der Waals surface area contributed by atoms with E-state index in [-0.39, 0.29) is 4.21 Å². The molecule has 0 spiro atoms. The lowest BCUT2D eigenvalue weighted by atomic mass is 10.1. The Kier molecular flexibility index (Phi) is 3.92. The Bertz CT molecular complexity index is 1040.